The van der Waals surface area contributed by atoms with Crippen molar-refractivity contribution in [3.63, 3.8) is 0 Å². The van der Waals surface area contributed by atoms with E-state index in [2.05, 4.69) is 16.7 Å². The number of hydrogen-bond acceptors (Lipinski definition) is 4. The SMILES string of the molecule is CCN1CCN(CC(=O)c2cc(OC)ccc2Cl)CC1. The van der Waals surface area contributed by atoms with E-state index >= 15 is 0 Å². The van der Waals surface area contributed by atoms with Gasteiger partial charge in [-0.2, -0.15) is 0 Å². The molecule has 1 aromatic rings. The molecule has 5 heteroatoms. The van der Waals surface area contributed by atoms with Gasteiger partial charge in [0.15, 0.2) is 5.78 Å². The Hall–Kier alpha value is -1.10. The van der Waals surface area contributed by atoms with Crippen molar-refractivity contribution in [3.8, 4) is 5.75 Å². The second-order valence-corrected chi connectivity index (χ2v) is 5.39. The molecule has 0 aromatic heterocycles. The maximum absolute atomic E-state index is 12.4. The molecule has 20 heavy (non-hydrogen) atoms. The van der Waals surface area contributed by atoms with Gasteiger partial charge in [0.05, 0.1) is 18.7 Å². The van der Waals surface area contributed by atoms with E-state index in [1.54, 1.807) is 25.3 Å². The highest BCUT2D eigenvalue weighted by atomic mass is 35.5. The van der Waals surface area contributed by atoms with Gasteiger partial charge >= 0.3 is 0 Å². The van der Waals surface area contributed by atoms with E-state index in [0.29, 0.717) is 22.9 Å². The molecule has 0 aliphatic carbocycles. The van der Waals surface area contributed by atoms with Gasteiger partial charge in [-0.05, 0) is 24.7 Å². The van der Waals surface area contributed by atoms with Crippen molar-refractivity contribution < 1.29 is 9.53 Å². The molecular weight excluding hydrogens is 276 g/mol. The lowest BCUT2D eigenvalue weighted by atomic mass is 10.1. The topological polar surface area (TPSA) is 32.8 Å². The molecule has 0 N–H and O–H groups in total. The second-order valence-electron chi connectivity index (χ2n) is 4.98. The van der Waals surface area contributed by atoms with E-state index in [1.807, 2.05) is 0 Å². The van der Waals surface area contributed by atoms with Crippen LogP contribution in [0.25, 0.3) is 0 Å². The number of piperazine rings is 1. The fourth-order valence-corrected chi connectivity index (χ4v) is 2.62. The molecule has 2 rings (SSSR count). The van der Waals surface area contributed by atoms with E-state index in [1.165, 1.54) is 0 Å². The van der Waals surface area contributed by atoms with Crippen LogP contribution in [0.4, 0.5) is 0 Å². The Kier molecular flexibility index (Phi) is 5.40. The lowest BCUT2D eigenvalue weighted by molar-refractivity contribution is 0.0859. The van der Waals surface area contributed by atoms with Gasteiger partial charge < -0.3 is 9.64 Å². The molecule has 1 heterocycles. The van der Waals surface area contributed by atoms with E-state index in [0.717, 1.165) is 32.7 Å². The number of ketones is 1. The number of rotatable bonds is 5. The van der Waals surface area contributed by atoms with E-state index < -0.39 is 0 Å². The van der Waals surface area contributed by atoms with Gasteiger partial charge in [0.1, 0.15) is 5.75 Å². The van der Waals surface area contributed by atoms with Crippen LogP contribution in [0.1, 0.15) is 17.3 Å². The molecule has 4 nitrogen and oxygen atoms in total. The summed E-state index contributed by atoms with van der Waals surface area (Å²) in [4.78, 5) is 16.9. The average Bonchev–Trinajstić information content (AvgIpc) is 2.48. The molecule has 1 fully saturated rings. The Balaban J connectivity index is 1.98. The first-order chi connectivity index (χ1) is 9.63. The summed E-state index contributed by atoms with van der Waals surface area (Å²) < 4.78 is 5.15. The normalized spacial score (nSPS) is 17.1. The summed E-state index contributed by atoms with van der Waals surface area (Å²) in [5.74, 6) is 0.715. The number of Topliss-reactive ketones (excluding diaryl/α,β-unsaturated/α-hetero) is 1. The predicted octanol–water partition coefficient (Wildman–Crippen LogP) is 2.17. The van der Waals surface area contributed by atoms with Gasteiger partial charge in [-0.15, -0.1) is 0 Å². The molecule has 0 atom stereocenters. The van der Waals surface area contributed by atoms with Crippen LogP contribution in [0.5, 0.6) is 5.75 Å². The molecule has 110 valence electrons. The smallest absolute Gasteiger partial charge is 0.178 e. The minimum Gasteiger partial charge on any atom is -0.497 e. The van der Waals surface area contributed by atoms with Crippen LogP contribution in [0.2, 0.25) is 5.02 Å². The molecule has 0 saturated carbocycles. The van der Waals surface area contributed by atoms with Crippen LogP contribution >= 0.6 is 11.6 Å². The summed E-state index contributed by atoms with van der Waals surface area (Å²) in [6, 6.07) is 5.19. The van der Waals surface area contributed by atoms with Crippen LogP contribution in [0, 0.1) is 0 Å². The molecule has 1 aliphatic heterocycles. The molecule has 1 saturated heterocycles. The summed E-state index contributed by atoms with van der Waals surface area (Å²) in [5, 5.41) is 0.489. The lowest BCUT2D eigenvalue weighted by Crippen LogP contribution is -2.47. The molecule has 0 spiro atoms. The van der Waals surface area contributed by atoms with Gasteiger partial charge in [-0.1, -0.05) is 18.5 Å². The molecule has 0 bridgehead atoms. The highest BCUT2D eigenvalue weighted by Crippen LogP contribution is 2.22. The zero-order valence-electron chi connectivity index (χ0n) is 12.1. The quantitative estimate of drug-likeness (QED) is 0.780. The first kappa shape index (κ1) is 15.3. The number of methoxy groups -OCH3 is 1. The first-order valence-corrected chi connectivity index (χ1v) is 7.33. The summed E-state index contributed by atoms with van der Waals surface area (Å²) >= 11 is 6.11. The fourth-order valence-electron chi connectivity index (χ4n) is 2.40. The minimum absolute atomic E-state index is 0.0545. The van der Waals surface area contributed by atoms with Gasteiger partial charge in [0.2, 0.25) is 0 Å². The summed E-state index contributed by atoms with van der Waals surface area (Å²) in [5.41, 5.74) is 0.545. The van der Waals surface area contributed by atoms with Gasteiger partial charge in [-0.25, -0.2) is 0 Å². The molecule has 1 aromatic carbocycles. The number of hydrogen-bond donors (Lipinski definition) is 0. The number of likely N-dealkylation sites (N-methyl/N-ethyl adjacent to an activating group) is 1. The number of halogens is 1. The van der Waals surface area contributed by atoms with Crippen molar-refractivity contribution in [2.24, 2.45) is 0 Å². The molecule has 0 radical (unpaired) electrons. The molecule has 0 unspecified atom stereocenters. The van der Waals surface area contributed by atoms with Crippen LogP contribution in [0.3, 0.4) is 0 Å². The standard InChI is InChI=1S/C15H21ClN2O2/c1-3-17-6-8-18(9-7-17)11-15(19)13-10-12(20-2)4-5-14(13)16/h4-5,10H,3,6-9,11H2,1-2H3. The van der Waals surface area contributed by atoms with Crippen LogP contribution in [-0.2, 0) is 0 Å². The van der Waals surface area contributed by atoms with Crippen molar-refractivity contribution in [2.75, 3.05) is 46.4 Å². The van der Waals surface area contributed by atoms with Crippen molar-refractivity contribution in [2.45, 2.75) is 6.92 Å². The predicted molar refractivity (Wildman–Crippen MR) is 80.9 cm³/mol. The largest absolute Gasteiger partial charge is 0.497 e. The number of carbonyl (C=O) groups excluding carboxylic acids is 1. The van der Waals surface area contributed by atoms with E-state index in [9.17, 15) is 4.79 Å². The zero-order chi connectivity index (χ0) is 14.5. The van der Waals surface area contributed by atoms with Crippen molar-refractivity contribution in [1.82, 2.24) is 9.80 Å². The minimum atomic E-state index is 0.0545. The Morgan fingerprint density at radius 1 is 1.25 bits per heavy atom. The van der Waals surface area contributed by atoms with Gasteiger partial charge in [0.25, 0.3) is 0 Å². The highest BCUT2D eigenvalue weighted by molar-refractivity contribution is 6.34. The molecular formula is C15H21ClN2O2. The Morgan fingerprint density at radius 2 is 1.90 bits per heavy atom. The zero-order valence-corrected chi connectivity index (χ0v) is 12.8. The maximum atomic E-state index is 12.4. The Labute approximate surface area is 125 Å². The average molecular weight is 297 g/mol. The number of benzene rings is 1. The lowest BCUT2D eigenvalue weighted by Gasteiger charge is -2.33. The van der Waals surface area contributed by atoms with Crippen molar-refractivity contribution >= 4 is 17.4 Å². The summed E-state index contributed by atoms with van der Waals surface area (Å²) in [7, 11) is 1.58. The van der Waals surface area contributed by atoms with E-state index in [4.69, 9.17) is 16.3 Å². The third-order valence-electron chi connectivity index (χ3n) is 3.75. The summed E-state index contributed by atoms with van der Waals surface area (Å²) in [6.45, 7) is 7.57. The Morgan fingerprint density at radius 3 is 2.50 bits per heavy atom. The van der Waals surface area contributed by atoms with Gasteiger partial charge in [0, 0.05) is 31.7 Å². The van der Waals surface area contributed by atoms with Crippen LogP contribution < -0.4 is 4.74 Å². The molecule has 0 amide bonds. The fraction of sp³-hybridized carbons (Fsp3) is 0.533. The third-order valence-corrected chi connectivity index (χ3v) is 4.08. The first-order valence-electron chi connectivity index (χ1n) is 6.95. The number of ether oxygens (including phenoxy) is 1. The van der Waals surface area contributed by atoms with Gasteiger partial charge in [-0.3, -0.25) is 9.69 Å². The van der Waals surface area contributed by atoms with Crippen LogP contribution in [0.15, 0.2) is 18.2 Å². The number of nitrogens with zero attached hydrogens (tertiary/aromatic N) is 2. The van der Waals surface area contributed by atoms with Crippen molar-refractivity contribution in [1.29, 1.82) is 0 Å². The summed E-state index contributed by atoms with van der Waals surface area (Å²) in [6.07, 6.45) is 0. The number of carbonyl (C=O) groups is 1. The Bertz CT molecular complexity index is 471. The van der Waals surface area contributed by atoms with Crippen molar-refractivity contribution in [3.05, 3.63) is 28.8 Å². The second kappa shape index (κ2) is 7.07. The molecule has 1 aliphatic rings. The van der Waals surface area contributed by atoms with E-state index in [-0.39, 0.29) is 5.78 Å². The highest BCUT2D eigenvalue weighted by Gasteiger charge is 2.20. The monoisotopic (exact) mass is 296 g/mol. The maximum Gasteiger partial charge on any atom is 0.178 e. The van der Waals surface area contributed by atoms with Crippen LogP contribution in [-0.4, -0.2) is 62.0 Å². The third kappa shape index (κ3) is 3.72.